The van der Waals surface area contributed by atoms with E-state index in [1.54, 1.807) is 0 Å². The Kier molecular flexibility index (Phi) is 10.6. The molecule has 134 valence electrons. The van der Waals surface area contributed by atoms with Gasteiger partial charge in [-0.25, -0.2) is 0 Å². The van der Waals surface area contributed by atoms with E-state index in [9.17, 15) is 0 Å². The SMILES string of the molecule is CCCCCC(C)C#CC1CCN(CCN(C)CC(C)C)CC1. The minimum absolute atomic E-state index is 0.587. The van der Waals surface area contributed by atoms with Crippen LogP contribution in [0, 0.1) is 29.6 Å². The minimum Gasteiger partial charge on any atom is -0.305 e. The van der Waals surface area contributed by atoms with Gasteiger partial charge in [-0.05, 0) is 45.3 Å². The first kappa shape index (κ1) is 20.5. The number of piperidine rings is 1. The van der Waals surface area contributed by atoms with Crippen molar-refractivity contribution in [1.82, 2.24) is 9.80 Å². The van der Waals surface area contributed by atoms with Crippen LogP contribution in [0.2, 0.25) is 0 Å². The van der Waals surface area contributed by atoms with Crippen molar-refractivity contribution in [2.24, 2.45) is 17.8 Å². The summed E-state index contributed by atoms with van der Waals surface area (Å²) in [5.74, 6) is 9.09. The number of likely N-dealkylation sites (tertiary alicyclic amines) is 1. The molecule has 0 aromatic carbocycles. The lowest BCUT2D eigenvalue weighted by molar-refractivity contribution is 0.175. The molecule has 2 heteroatoms. The molecule has 1 rings (SSSR count). The van der Waals surface area contributed by atoms with Gasteiger partial charge in [0, 0.05) is 31.5 Å². The Morgan fingerprint density at radius 2 is 1.83 bits per heavy atom. The summed E-state index contributed by atoms with van der Waals surface area (Å²) in [7, 11) is 2.25. The van der Waals surface area contributed by atoms with E-state index < -0.39 is 0 Å². The van der Waals surface area contributed by atoms with Crippen LogP contribution >= 0.6 is 0 Å². The van der Waals surface area contributed by atoms with Crippen molar-refractivity contribution in [2.45, 2.75) is 66.2 Å². The Labute approximate surface area is 146 Å². The summed E-state index contributed by atoms with van der Waals surface area (Å²) in [6.45, 7) is 15.2. The summed E-state index contributed by atoms with van der Waals surface area (Å²) in [5, 5.41) is 0. The third kappa shape index (κ3) is 10.0. The zero-order valence-corrected chi connectivity index (χ0v) is 16.4. The van der Waals surface area contributed by atoms with Crippen molar-refractivity contribution in [3.63, 3.8) is 0 Å². The first-order valence-corrected chi connectivity index (χ1v) is 9.93. The van der Waals surface area contributed by atoms with Gasteiger partial charge in [-0.2, -0.15) is 0 Å². The largest absolute Gasteiger partial charge is 0.305 e. The predicted octanol–water partition coefficient (Wildman–Crippen LogP) is 4.51. The lowest BCUT2D eigenvalue weighted by atomic mass is 9.95. The summed E-state index contributed by atoms with van der Waals surface area (Å²) < 4.78 is 0. The van der Waals surface area contributed by atoms with Crippen molar-refractivity contribution in [3.05, 3.63) is 0 Å². The molecule has 0 saturated carbocycles. The number of unbranched alkanes of at least 4 members (excludes halogenated alkanes) is 2. The molecule has 1 aliphatic rings. The van der Waals surface area contributed by atoms with E-state index >= 15 is 0 Å². The van der Waals surface area contributed by atoms with Gasteiger partial charge >= 0.3 is 0 Å². The molecule has 1 aliphatic heterocycles. The lowest BCUT2D eigenvalue weighted by Crippen LogP contribution is -2.39. The smallest absolute Gasteiger partial charge is 0.0227 e. The molecule has 0 aromatic heterocycles. The molecule has 0 bridgehead atoms. The Morgan fingerprint density at radius 1 is 1.13 bits per heavy atom. The third-order valence-electron chi connectivity index (χ3n) is 4.84. The summed E-state index contributed by atoms with van der Waals surface area (Å²) >= 11 is 0. The number of hydrogen-bond acceptors (Lipinski definition) is 2. The van der Waals surface area contributed by atoms with Gasteiger partial charge in [0.05, 0.1) is 0 Å². The number of likely N-dealkylation sites (N-methyl/N-ethyl adjacent to an activating group) is 1. The molecule has 0 N–H and O–H groups in total. The van der Waals surface area contributed by atoms with Crippen molar-refractivity contribution >= 4 is 0 Å². The molecule has 23 heavy (non-hydrogen) atoms. The highest BCUT2D eigenvalue weighted by Crippen LogP contribution is 2.17. The average molecular weight is 321 g/mol. The van der Waals surface area contributed by atoms with Crippen LogP contribution in [0.15, 0.2) is 0 Å². The van der Waals surface area contributed by atoms with Crippen LogP contribution in [0.5, 0.6) is 0 Å². The second kappa shape index (κ2) is 11.9. The van der Waals surface area contributed by atoms with Gasteiger partial charge in [-0.1, -0.05) is 58.8 Å². The Balaban J connectivity index is 2.18. The monoisotopic (exact) mass is 320 g/mol. The summed E-state index contributed by atoms with van der Waals surface area (Å²) in [5.41, 5.74) is 0. The van der Waals surface area contributed by atoms with Crippen molar-refractivity contribution < 1.29 is 0 Å². The fourth-order valence-corrected chi connectivity index (χ4v) is 3.36. The molecular formula is C21H40N2. The maximum atomic E-state index is 3.57. The van der Waals surface area contributed by atoms with Crippen molar-refractivity contribution in [2.75, 3.05) is 39.8 Å². The maximum absolute atomic E-state index is 3.57. The molecule has 1 heterocycles. The molecule has 0 radical (unpaired) electrons. The molecule has 0 aliphatic carbocycles. The number of rotatable bonds is 9. The summed E-state index contributed by atoms with van der Waals surface area (Å²) in [4.78, 5) is 5.09. The van der Waals surface area contributed by atoms with Gasteiger partial charge in [-0.15, -0.1) is 0 Å². The van der Waals surface area contributed by atoms with E-state index in [0.29, 0.717) is 11.8 Å². The van der Waals surface area contributed by atoms with E-state index in [1.165, 1.54) is 71.2 Å². The number of nitrogens with zero attached hydrogens (tertiary/aromatic N) is 2. The third-order valence-corrected chi connectivity index (χ3v) is 4.84. The second-order valence-electron chi connectivity index (χ2n) is 7.96. The Bertz CT molecular complexity index is 345. The van der Waals surface area contributed by atoms with Gasteiger partial charge in [0.1, 0.15) is 0 Å². The quantitative estimate of drug-likeness (QED) is 0.456. The standard InChI is InChI=1S/C21H40N2/c1-6-7-8-9-20(4)10-11-21-12-14-23(15-13-21)17-16-22(5)18-19(2)3/h19-21H,6-9,12-18H2,1-5H3. The predicted molar refractivity (Wildman–Crippen MR) is 103 cm³/mol. The maximum Gasteiger partial charge on any atom is 0.0227 e. The van der Waals surface area contributed by atoms with E-state index in [0.717, 1.165) is 5.92 Å². The first-order valence-electron chi connectivity index (χ1n) is 9.93. The van der Waals surface area contributed by atoms with Gasteiger partial charge in [0.15, 0.2) is 0 Å². The average Bonchev–Trinajstić information content (AvgIpc) is 2.51. The summed E-state index contributed by atoms with van der Waals surface area (Å²) in [6, 6.07) is 0. The first-order chi connectivity index (χ1) is 11.0. The lowest BCUT2D eigenvalue weighted by Gasteiger charge is -2.31. The molecule has 0 aromatic rings. The van der Waals surface area contributed by atoms with Crippen LogP contribution in [0.4, 0.5) is 0 Å². The van der Waals surface area contributed by atoms with Gasteiger partial charge in [0.25, 0.3) is 0 Å². The van der Waals surface area contributed by atoms with E-state index in [-0.39, 0.29) is 0 Å². The summed E-state index contributed by atoms with van der Waals surface area (Å²) in [6.07, 6.45) is 7.82. The van der Waals surface area contributed by atoms with Gasteiger partial charge in [0.2, 0.25) is 0 Å². The fourth-order valence-electron chi connectivity index (χ4n) is 3.36. The highest BCUT2D eigenvalue weighted by molar-refractivity contribution is 5.07. The van der Waals surface area contributed by atoms with Crippen LogP contribution in [0.1, 0.15) is 66.2 Å². The zero-order valence-electron chi connectivity index (χ0n) is 16.4. The molecule has 2 nitrogen and oxygen atoms in total. The molecule has 1 unspecified atom stereocenters. The van der Waals surface area contributed by atoms with E-state index in [1.807, 2.05) is 0 Å². The van der Waals surface area contributed by atoms with Crippen molar-refractivity contribution in [3.8, 4) is 11.8 Å². The van der Waals surface area contributed by atoms with Crippen molar-refractivity contribution in [1.29, 1.82) is 0 Å². The Hall–Kier alpha value is -0.520. The molecule has 1 saturated heterocycles. The minimum atomic E-state index is 0.587. The van der Waals surface area contributed by atoms with E-state index in [4.69, 9.17) is 0 Å². The zero-order chi connectivity index (χ0) is 17.1. The molecule has 1 fully saturated rings. The van der Waals surface area contributed by atoms with E-state index in [2.05, 4.69) is 56.4 Å². The topological polar surface area (TPSA) is 6.48 Å². The normalized spacial score (nSPS) is 18.2. The molecule has 0 spiro atoms. The molecule has 0 amide bonds. The fraction of sp³-hybridized carbons (Fsp3) is 0.905. The highest BCUT2D eigenvalue weighted by atomic mass is 15.2. The molecule has 1 atom stereocenters. The van der Waals surface area contributed by atoms with Gasteiger partial charge < -0.3 is 9.80 Å². The van der Waals surface area contributed by atoms with Gasteiger partial charge in [-0.3, -0.25) is 0 Å². The number of hydrogen-bond donors (Lipinski definition) is 0. The molecular weight excluding hydrogens is 280 g/mol. The van der Waals surface area contributed by atoms with Crippen LogP contribution in [-0.4, -0.2) is 49.6 Å². The van der Waals surface area contributed by atoms with Crippen LogP contribution in [-0.2, 0) is 0 Å². The highest BCUT2D eigenvalue weighted by Gasteiger charge is 2.17. The van der Waals surface area contributed by atoms with Crippen LogP contribution in [0.3, 0.4) is 0 Å². The van der Waals surface area contributed by atoms with Crippen LogP contribution < -0.4 is 0 Å². The van der Waals surface area contributed by atoms with Crippen LogP contribution in [0.25, 0.3) is 0 Å². The second-order valence-corrected chi connectivity index (χ2v) is 7.96. The Morgan fingerprint density at radius 3 is 2.43 bits per heavy atom.